The van der Waals surface area contributed by atoms with E-state index in [0.717, 1.165) is 65.0 Å². The van der Waals surface area contributed by atoms with E-state index in [1.807, 2.05) is 0 Å². The molecule has 8 aliphatic rings. The van der Waals surface area contributed by atoms with Crippen molar-refractivity contribution >= 4 is 39.6 Å². The van der Waals surface area contributed by atoms with Crippen molar-refractivity contribution in [3.05, 3.63) is 227 Å². The fraction of sp³-hybridized carbons (Fsp3) is 0.203. The number of allylic oxidation sites excluding steroid dienone is 20. The molecule has 63 heavy (non-hydrogen) atoms. The van der Waals surface area contributed by atoms with Crippen LogP contribution >= 0.6 is 0 Å². The molecule has 4 heteroatoms. The van der Waals surface area contributed by atoms with Crippen molar-refractivity contribution in [3.8, 4) is 11.1 Å². The summed E-state index contributed by atoms with van der Waals surface area (Å²) in [5.41, 5.74) is 18.9. The second-order valence-corrected chi connectivity index (χ2v) is 18.7. The molecule has 1 aromatic heterocycles. The third-order valence-electron chi connectivity index (χ3n) is 15.1. The molecule has 4 nitrogen and oxygen atoms in total. The zero-order valence-corrected chi connectivity index (χ0v) is 35.5. The smallest absolute Gasteiger partial charge is 0.243 e. The molecule has 2 heterocycles. The van der Waals surface area contributed by atoms with Crippen LogP contribution in [0.3, 0.4) is 0 Å². The fourth-order valence-electron chi connectivity index (χ4n) is 11.8. The maximum absolute atomic E-state index is 6.85. The van der Waals surface area contributed by atoms with E-state index in [4.69, 9.17) is 9.41 Å². The first-order valence-electron chi connectivity index (χ1n) is 23.0. The lowest BCUT2D eigenvalue weighted by Gasteiger charge is -2.35. The first-order chi connectivity index (χ1) is 31.1. The zero-order valence-electron chi connectivity index (χ0n) is 35.5. The molecule has 13 rings (SSSR count). The maximum atomic E-state index is 6.85. The summed E-state index contributed by atoms with van der Waals surface area (Å²) < 4.78 is 6.85. The molecular weight excluding hydrogens is 767 g/mol. The minimum Gasteiger partial charge on any atom is -0.436 e. The largest absolute Gasteiger partial charge is 0.436 e. The van der Waals surface area contributed by atoms with Crippen LogP contribution < -0.4 is 10.6 Å². The standard InChI is InChI=1S/C59H49N3O/c1-36-14-13-19-40-30-41-24-27-46(50-33-43-20-11-12-29-59(43)35-51(59)54(50)49(41)34-48(36)40)56-55(61-57-47-28-23-39(37-15-5-2-6-16-37)32-53(47)63-58(57)62-56)42-25-26-45(38-17-7-3-8-18-38)52(31-42)60-44-21-9-4-10-22-44/h2-17,19-23,25-26,28-34,36,38,46,48,51,55,60-61H,18,24,27,35H2,1H3. The molecule has 0 radical (unpaired) electrons. The van der Waals surface area contributed by atoms with Crippen molar-refractivity contribution < 1.29 is 4.42 Å². The van der Waals surface area contributed by atoms with Crippen LogP contribution in [0.1, 0.15) is 55.7 Å². The Labute approximate surface area is 369 Å². The first kappa shape index (κ1) is 36.7. The summed E-state index contributed by atoms with van der Waals surface area (Å²) >= 11 is 0. The van der Waals surface area contributed by atoms with Crippen LogP contribution in [0, 0.1) is 29.1 Å². The fourth-order valence-corrected chi connectivity index (χ4v) is 11.8. The van der Waals surface area contributed by atoms with Gasteiger partial charge in [-0.1, -0.05) is 159 Å². The molecule has 7 aliphatic carbocycles. The number of furan rings is 1. The van der Waals surface area contributed by atoms with Crippen LogP contribution in [-0.2, 0) is 0 Å². The van der Waals surface area contributed by atoms with Crippen molar-refractivity contribution in [1.82, 2.24) is 0 Å². The molecule has 2 N–H and O–H groups in total. The molecule has 4 aromatic carbocycles. The van der Waals surface area contributed by atoms with Gasteiger partial charge in [-0.3, -0.25) is 0 Å². The normalized spacial score (nSPS) is 28.1. The van der Waals surface area contributed by atoms with E-state index in [9.17, 15) is 0 Å². The average molecular weight is 816 g/mol. The lowest BCUT2D eigenvalue weighted by atomic mass is 9.71. The quantitative estimate of drug-likeness (QED) is 0.179. The Morgan fingerprint density at radius 1 is 0.841 bits per heavy atom. The van der Waals surface area contributed by atoms with Crippen molar-refractivity contribution in [1.29, 1.82) is 0 Å². The lowest BCUT2D eigenvalue weighted by molar-refractivity contribution is 0.575. The number of anilines is 3. The Kier molecular flexibility index (Phi) is 8.35. The molecule has 7 unspecified atom stereocenters. The van der Waals surface area contributed by atoms with Gasteiger partial charge in [0.1, 0.15) is 11.3 Å². The topological polar surface area (TPSA) is 49.6 Å². The lowest BCUT2D eigenvalue weighted by Crippen LogP contribution is -2.32. The van der Waals surface area contributed by atoms with E-state index >= 15 is 0 Å². The first-order valence-corrected chi connectivity index (χ1v) is 23.0. The molecule has 7 atom stereocenters. The van der Waals surface area contributed by atoms with Gasteiger partial charge < -0.3 is 15.1 Å². The summed E-state index contributed by atoms with van der Waals surface area (Å²) in [7, 11) is 0. The van der Waals surface area contributed by atoms with Gasteiger partial charge >= 0.3 is 0 Å². The summed E-state index contributed by atoms with van der Waals surface area (Å²) in [4.78, 5) is 5.76. The molecule has 0 bridgehead atoms. The highest BCUT2D eigenvalue weighted by molar-refractivity contribution is 6.08. The van der Waals surface area contributed by atoms with Crippen LogP contribution in [0.4, 0.5) is 22.9 Å². The number of fused-ring (bicyclic) bond motifs is 7. The summed E-state index contributed by atoms with van der Waals surface area (Å²) in [6.45, 7) is 2.37. The molecule has 1 spiro atoms. The van der Waals surface area contributed by atoms with Crippen molar-refractivity contribution in [2.45, 2.75) is 44.6 Å². The second-order valence-electron chi connectivity index (χ2n) is 18.7. The minimum absolute atomic E-state index is 0.0692. The van der Waals surface area contributed by atoms with Gasteiger partial charge in [0.15, 0.2) is 0 Å². The van der Waals surface area contributed by atoms with E-state index < -0.39 is 0 Å². The Bertz CT molecular complexity index is 3100. The Morgan fingerprint density at radius 3 is 2.60 bits per heavy atom. The van der Waals surface area contributed by atoms with Gasteiger partial charge in [-0.25, -0.2) is 4.99 Å². The van der Waals surface area contributed by atoms with Gasteiger partial charge in [0.25, 0.3) is 0 Å². The summed E-state index contributed by atoms with van der Waals surface area (Å²) in [6, 6.07) is 34.7. The molecular formula is C59H49N3O. The number of hydrogen-bond donors (Lipinski definition) is 2. The predicted octanol–water partition coefficient (Wildman–Crippen LogP) is 15.1. The molecule has 0 amide bonds. The highest BCUT2D eigenvalue weighted by Gasteiger charge is 2.60. The summed E-state index contributed by atoms with van der Waals surface area (Å²) in [5, 5.41) is 9.06. The second kappa shape index (κ2) is 14.3. The number of para-hydroxylation sites is 1. The predicted molar refractivity (Wildman–Crippen MR) is 260 cm³/mol. The number of hydrogen-bond acceptors (Lipinski definition) is 4. The van der Waals surface area contributed by atoms with Gasteiger partial charge in [0.2, 0.25) is 5.88 Å². The Balaban J connectivity index is 1.00. The van der Waals surface area contributed by atoms with E-state index in [1.54, 1.807) is 5.57 Å². The third kappa shape index (κ3) is 5.98. The summed E-state index contributed by atoms with van der Waals surface area (Å²) in [5.74, 6) is 2.34. The molecule has 306 valence electrons. The van der Waals surface area contributed by atoms with Gasteiger partial charge in [-0.15, -0.1) is 0 Å². The van der Waals surface area contributed by atoms with Gasteiger partial charge in [0, 0.05) is 39.9 Å². The molecule has 1 saturated carbocycles. The van der Waals surface area contributed by atoms with E-state index in [2.05, 4.69) is 200 Å². The van der Waals surface area contributed by atoms with E-state index in [-0.39, 0.29) is 23.3 Å². The zero-order chi connectivity index (χ0) is 41.6. The van der Waals surface area contributed by atoms with Crippen molar-refractivity contribution in [2.24, 2.45) is 34.1 Å². The van der Waals surface area contributed by atoms with Gasteiger partial charge in [-0.2, -0.15) is 0 Å². The van der Waals surface area contributed by atoms with Crippen LogP contribution in [-0.4, -0.2) is 5.71 Å². The molecule has 1 aliphatic heterocycles. The van der Waals surface area contributed by atoms with Gasteiger partial charge in [-0.05, 0) is 124 Å². The van der Waals surface area contributed by atoms with Crippen LogP contribution in [0.5, 0.6) is 0 Å². The van der Waals surface area contributed by atoms with E-state index in [1.165, 1.54) is 44.6 Å². The highest BCUT2D eigenvalue weighted by atomic mass is 16.3. The van der Waals surface area contributed by atoms with Gasteiger partial charge in [0.05, 0.1) is 11.8 Å². The van der Waals surface area contributed by atoms with Crippen molar-refractivity contribution in [3.63, 3.8) is 0 Å². The van der Waals surface area contributed by atoms with Crippen LogP contribution in [0.15, 0.2) is 225 Å². The molecule has 1 fully saturated rings. The highest BCUT2D eigenvalue weighted by Crippen LogP contribution is 2.69. The Morgan fingerprint density at radius 2 is 1.73 bits per heavy atom. The SMILES string of the molecule is CC1C=CC=C2C=C3CCC(C4=Nc5oc6cc(-c7ccccc7)ccc6c5NC4c4ccc(C5C=CC=CC5)c(Nc5ccccc5)c4)C4=C(C3=CC21)C1CC12C=CC=CC2=C4. The van der Waals surface area contributed by atoms with Crippen LogP contribution in [0.2, 0.25) is 0 Å². The number of nitrogens with zero attached hydrogens (tertiary/aromatic N) is 1. The molecule has 0 saturated heterocycles. The Hall–Kier alpha value is -6.91. The minimum atomic E-state index is -0.193. The van der Waals surface area contributed by atoms with Crippen molar-refractivity contribution in [2.75, 3.05) is 10.6 Å². The number of aliphatic imine (C=N–C) groups is 1. The number of nitrogens with one attached hydrogen (secondary N) is 2. The monoisotopic (exact) mass is 815 g/mol. The average Bonchev–Trinajstić information content (AvgIpc) is 3.98. The number of benzene rings is 4. The summed E-state index contributed by atoms with van der Waals surface area (Å²) in [6.07, 6.45) is 37.2. The van der Waals surface area contributed by atoms with Crippen LogP contribution in [0.25, 0.3) is 22.1 Å². The third-order valence-corrected chi connectivity index (χ3v) is 15.1. The maximum Gasteiger partial charge on any atom is 0.243 e. The molecule has 5 aromatic rings. The van der Waals surface area contributed by atoms with E-state index in [0.29, 0.717) is 23.6 Å². The number of rotatable bonds is 6.